The Hall–Kier alpha value is -2.60. The fourth-order valence-electron chi connectivity index (χ4n) is 2.52. The third kappa shape index (κ3) is 4.73. The maximum atomic E-state index is 13.7. The number of aromatic nitrogens is 1. The van der Waals surface area contributed by atoms with Crippen molar-refractivity contribution in [2.45, 2.75) is 18.7 Å². The second-order valence-electron chi connectivity index (χ2n) is 5.81. The number of benzene rings is 2. The van der Waals surface area contributed by atoms with Crippen LogP contribution in [-0.4, -0.2) is 16.6 Å². The number of carbonyl (C=O) groups is 1. The number of thioether (sulfide) groups is 1. The molecule has 1 heterocycles. The first kappa shape index (κ1) is 18.2. The predicted octanol–water partition coefficient (Wildman–Crippen LogP) is 4.59. The Balaban J connectivity index is 1.47. The molecule has 2 aromatic carbocycles. The molecular weight excluding hydrogens is 351 g/mol. The molecule has 0 saturated carbocycles. The quantitative estimate of drug-likeness (QED) is 0.661. The van der Waals surface area contributed by atoms with Crippen LogP contribution in [0.1, 0.15) is 24.2 Å². The lowest BCUT2D eigenvalue weighted by Gasteiger charge is -2.14. The summed E-state index contributed by atoms with van der Waals surface area (Å²) in [6.07, 6.45) is 1.61. The molecule has 6 heteroatoms. The second-order valence-corrected chi connectivity index (χ2v) is 6.80. The van der Waals surface area contributed by atoms with Gasteiger partial charge in [-0.05, 0) is 25.1 Å². The Kier molecular flexibility index (Phi) is 6.07. The summed E-state index contributed by atoms with van der Waals surface area (Å²) in [4.78, 5) is 16.5. The van der Waals surface area contributed by atoms with Crippen LogP contribution in [0, 0.1) is 5.82 Å². The van der Waals surface area contributed by atoms with Crippen LogP contribution in [0.4, 0.5) is 4.39 Å². The average Bonchev–Trinajstić information content (AvgIpc) is 3.11. The van der Waals surface area contributed by atoms with E-state index >= 15 is 0 Å². The summed E-state index contributed by atoms with van der Waals surface area (Å²) in [7, 11) is 0. The van der Waals surface area contributed by atoms with Crippen LogP contribution in [0.3, 0.4) is 0 Å². The molecule has 0 fully saturated rings. The number of oxazole rings is 1. The zero-order valence-corrected chi connectivity index (χ0v) is 15.1. The minimum absolute atomic E-state index is 0.141. The van der Waals surface area contributed by atoms with E-state index < -0.39 is 0 Å². The van der Waals surface area contributed by atoms with Gasteiger partial charge in [-0.3, -0.25) is 4.79 Å². The number of hydrogen-bond acceptors (Lipinski definition) is 4. The van der Waals surface area contributed by atoms with E-state index in [-0.39, 0.29) is 23.5 Å². The maximum Gasteiger partial charge on any atom is 0.230 e. The van der Waals surface area contributed by atoms with Gasteiger partial charge in [-0.2, -0.15) is 0 Å². The molecule has 0 unspecified atom stereocenters. The monoisotopic (exact) mass is 370 g/mol. The first-order valence-electron chi connectivity index (χ1n) is 8.25. The van der Waals surface area contributed by atoms with Crippen molar-refractivity contribution >= 4 is 17.7 Å². The molecule has 0 bridgehead atoms. The molecular formula is C20H19FN2O2S. The zero-order chi connectivity index (χ0) is 18.4. The molecule has 134 valence electrons. The largest absolute Gasteiger partial charge is 0.444 e. The molecule has 0 aliphatic heterocycles. The number of halogens is 1. The van der Waals surface area contributed by atoms with Crippen LogP contribution in [0.5, 0.6) is 0 Å². The molecule has 1 amide bonds. The van der Waals surface area contributed by atoms with E-state index in [1.807, 2.05) is 30.3 Å². The summed E-state index contributed by atoms with van der Waals surface area (Å²) in [5.74, 6) is 0.949. The number of carbonyl (C=O) groups excluding carboxylic acids is 1. The first-order chi connectivity index (χ1) is 12.6. The van der Waals surface area contributed by atoms with E-state index in [1.54, 1.807) is 31.4 Å². The summed E-state index contributed by atoms with van der Waals surface area (Å²) >= 11 is 1.44. The fraction of sp³-hybridized carbons (Fsp3) is 0.200. The van der Waals surface area contributed by atoms with Crippen molar-refractivity contribution in [3.05, 3.63) is 77.9 Å². The molecule has 1 atom stereocenters. The summed E-state index contributed by atoms with van der Waals surface area (Å²) < 4.78 is 19.2. The second kappa shape index (κ2) is 8.67. The Bertz CT molecular complexity index is 867. The highest BCUT2D eigenvalue weighted by Crippen LogP contribution is 2.21. The Morgan fingerprint density at radius 2 is 1.92 bits per heavy atom. The third-order valence-electron chi connectivity index (χ3n) is 3.80. The lowest BCUT2D eigenvalue weighted by molar-refractivity contribution is -0.119. The molecule has 0 saturated heterocycles. The van der Waals surface area contributed by atoms with Gasteiger partial charge in [-0.1, -0.05) is 36.4 Å². The van der Waals surface area contributed by atoms with Gasteiger partial charge in [0, 0.05) is 16.9 Å². The van der Waals surface area contributed by atoms with E-state index in [2.05, 4.69) is 10.3 Å². The minimum Gasteiger partial charge on any atom is -0.444 e. The normalized spacial score (nSPS) is 11.9. The lowest BCUT2D eigenvalue weighted by Crippen LogP contribution is -2.28. The van der Waals surface area contributed by atoms with Gasteiger partial charge in [0.05, 0.1) is 17.5 Å². The summed E-state index contributed by atoms with van der Waals surface area (Å²) in [5.41, 5.74) is 2.18. The summed E-state index contributed by atoms with van der Waals surface area (Å²) in [5, 5.41) is 2.81. The highest BCUT2D eigenvalue weighted by Gasteiger charge is 2.13. The van der Waals surface area contributed by atoms with Crippen molar-refractivity contribution in [2.75, 3.05) is 5.75 Å². The first-order valence-corrected chi connectivity index (χ1v) is 9.40. The number of hydrogen-bond donors (Lipinski definition) is 1. The Labute approximate surface area is 155 Å². The predicted molar refractivity (Wildman–Crippen MR) is 101 cm³/mol. The van der Waals surface area contributed by atoms with Crippen LogP contribution < -0.4 is 5.32 Å². The molecule has 3 aromatic rings. The SMILES string of the molecule is C[C@H](NC(=O)CSCc1coc(-c2ccccc2)n1)c1ccccc1F. The number of amides is 1. The van der Waals surface area contributed by atoms with E-state index in [0.717, 1.165) is 11.3 Å². The van der Waals surface area contributed by atoms with Crippen molar-refractivity contribution in [3.63, 3.8) is 0 Å². The summed E-state index contributed by atoms with van der Waals surface area (Å²) in [6.45, 7) is 1.77. The van der Waals surface area contributed by atoms with Crippen molar-refractivity contribution in [3.8, 4) is 11.5 Å². The van der Waals surface area contributed by atoms with E-state index in [1.165, 1.54) is 17.8 Å². The van der Waals surface area contributed by atoms with Gasteiger partial charge >= 0.3 is 0 Å². The molecule has 3 rings (SSSR count). The van der Waals surface area contributed by atoms with Crippen molar-refractivity contribution in [1.82, 2.24) is 10.3 Å². The van der Waals surface area contributed by atoms with Crippen molar-refractivity contribution in [2.24, 2.45) is 0 Å². The molecule has 0 radical (unpaired) electrons. The van der Waals surface area contributed by atoms with Gasteiger partial charge in [0.15, 0.2) is 0 Å². The van der Waals surface area contributed by atoms with Gasteiger partial charge in [-0.25, -0.2) is 9.37 Å². The van der Waals surface area contributed by atoms with E-state index in [4.69, 9.17) is 4.42 Å². The number of nitrogens with zero attached hydrogens (tertiary/aromatic N) is 1. The van der Waals surface area contributed by atoms with Crippen LogP contribution in [0.2, 0.25) is 0 Å². The van der Waals surface area contributed by atoms with Gasteiger partial charge < -0.3 is 9.73 Å². The van der Waals surface area contributed by atoms with Crippen LogP contribution in [-0.2, 0) is 10.5 Å². The van der Waals surface area contributed by atoms with Crippen LogP contribution >= 0.6 is 11.8 Å². The number of nitrogens with one attached hydrogen (secondary N) is 1. The highest BCUT2D eigenvalue weighted by atomic mass is 32.2. The van der Waals surface area contributed by atoms with Crippen molar-refractivity contribution < 1.29 is 13.6 Å². The van der Waals surface area contributed by atoms with Gasteiger partial charge in [0.1, 0.15) is 12.1 Å². The highest BCUT2D eigenvalue weighted by molar-refractivity contribution is 7.99. The van der Waals surface area contributed by atoms with Crippen LogP contribution in [0.15, 0.2) is 65.3 Å². The smallest absolute Gasteiger partial charge is 0.230 e. The molecule has 26 heavy (non-hydrogen) atoms. The molecule has 1 aromatic heterocycles. The lowest BCUT2D eigenvalue weighted by atomic mass is 10.1. The zero-order valence-electron chi connectivity index (χ0n) is 14.3. The van der Waals surface area contributed by atoms with E-state index in [0.29, 0.717) is 17.2 Å². The standard InChI is InChI=1S/C20H19FN2O2S/c1-14(17-9-5-6-10-18(17)21)22-19(24)13-26-12-16-11-25-20(23-16)15-7-3-2-4-8-15/h2-11,14H,12-13H2,1H3,(H,22,24)/t14-/m0/s1. The molecule has 0 aliphatic carbocycles. The van der Waals surface area contributed by atoms with Crippen molar-refractivity contribution in [1.29, 1.82) is 0 Å². The van der Waals surface area contributed by atoms with E-state index in [9.17, 15) is 9.18 Å². The number of rotatable bonds is 7. The molecule has 0 spiro atoms. The third-order valence-corrected chi connectivity index (χ3v) is 4.77. The molecule has 0 aliphatic rings. The maximum absolute atomic E-state index is 13.7. The van der Waals surface area contributed by atoms with Gasteiger partial charge in [0.2, 0.25) is 11.8 Å². The van der Waals surface area contributed by atoms with Gasteiger partial charge in [0.25, 0.3) is 0 Å². The Morgan fingerprint density at radius 3 is 2.69 bits per heavy atom. The minimum atomic E-state index is -0.374. The van der Waals surface area contributed by atoms with Gasteiger partial charge in [-0.15, -0.1) is 11.8 Å². The molecule has 4 nitrogen and oxygen atoms in total. The van der Waals surface area contributed by atoms with Crippen LogP contribution in [0.25, 0.3) is 11.5 Å². The average molecular weight is 370 g/mol. The summed E-state index contributed by atoms with van der Waals surface area (Å²) in [6, 6.07) is 15.7. The molecule has 1 N–H and O–H groups in total. The fourth-order valence-corrected chi connectivity index (χ4v) is 3.23. The Morgan fingerprint density at radius 1 is 1.19 bits per heavy atom. The topological polar surface area (TPSA) is 55.1 Å².